The summed E-state index contributed by atoms with van der Waals surface area (Å²) in [5.41, 5.74) is 7.31. The molecule has 0 radical (unpaired) electrons. The molecule has 146 valence electrons. The number of amides is 3. The number of carbonyl (C=O) groups is 4. The second-order valence-corrected chi connectivity index (χ2v) is 6.11. The number of carbonyl (C=O) groups excluding carboxylic acids is 4. The van der Waals surface area contributed by atoms with Crippen molar-refractivity contribution < 1.29 is 23.9 Å². The number of ether oxygens (including phenoxy) is 1. The van der Waals surface area contributed by atoms with E-state index in [1.807, 2.05) is 6.92 Å². The van der Waals surface area contributed by atoms with Gasteiger partial charge >= 0.3 is 5.97 Å². The van der Waals surface area contributed by atoms with E-state index in [9.17, 15) is 19.2 Å². The molecule has 2 aromatic carbocycles. The molecular weight excluding hydrogens is 362 g/mol. The van der Waals surface area contributed by atoms with Gasteiger partial charge in [0.05, 0.1) is 0 Å². The van der Waals surface area contributed by atoms with E-state index in [1.54, 1.807) is 24.3 Å². The number of hydrogen-bond donors (Lipinski definition) is 3. The predicted octanol–water partition coefficient (Wildman–Crippen LogP) is 1.39. The van der Waals surface area contributed by atoms with Crippen molar-refractivity contribution in [1.29, 1.82) is 0 Å². The summed E-state index contributed by atoms with van der Waals surface area (Å²) in [4.78, 5) is 46.9. The third-order valence-corrected chi connectivity index (χ3v) is 3.82. The van der Waals surface area contributed by atoms with E-state index in [4.69, 9.17) is 10.5 Å². The molecule has 0 unspecified atom stereocenters. The van der Waals surface area contributed by atoms with Crippen LogP contribution in [0, 0.1) is 6.92 Å². The van der Waals surface area contributed by atoms with Gasteiger partial charge in [0.2, 0.25) is 5.91 Å². The van der Waals surface area contributed by atoms with Crippen molar-refractivity contribution in [2.75, 3.05) is 11.9 Å². The zero-order chi connectivity index (χ0) is 20.7. The highest BCUT2D eigenvalue weighted by Gasteiger charge is 2.18. The van der Waals surface area contributed by atoms with Gasteiger partial charge in [0.25, 0.3) is 11.8 Å². The second kappa shape index (κ2) is 9.31. The molecule has 0 aliphatic carbocycles. The van der Waals surface area contributed by atoms with Crippen LogP contribution >= 0.6 is 0 Å². The number of esters is 1. The fourth-order valence-corrected chi connectivity index (χ4v) is 2.21. The molecule has 0 spiro atoms. The molecule has 8 nitrogen and oxygen atoms in total. The standard InChI is InChI=1S/C20H21N3O5/c1-12-3-5-15(6-4-12)20(27)22-11-17(24)28-13(2)19(26)23-16-9-7-14(8-10-16)18(21)25/h3-10,13H,11H2,1-2H3,(H2,21,25)(H,22,27)(H,23,26)/t13-/m0/s1. The number of aryl methyl sites for hydroxylation is 1. The maximum Gasteiger partial charge on any atom is 0.326 e. The van der Waals surface area contributed by atoms with Crippen molar-refractivity contribution in [2.45, 2.75) is 20.0 Å². The smallest absolute Gasteiger partial charge is 0.326 e. The van der Waals surface area contributed by atoms with E-state index < -0.39 is 29.8 Å². The Kier molecular flexibility index (Phi) is 6.86. The van der Waals surface area contributed by atoms with E-state index in [0.717, 1.165) is 5.56 Å². The van der Waals surface area contributed by atoms with Crippen molar-refractivity contribution in [2.24, 2.45) is 5.73 Å². The Morgan fingerprint density at radius 1 is 0.964 bits per heavy atom. The summed E-state index contributed by atoms with van der Waals surface area (Å²) in [5, 5.41) is 4.99. The van der Waals surface area contributed by atoms with Crippen LogP contribution in [0.1, 0.15) is 33.2 Å². The summed E-state index contributed by atoms with van der Waals surface area (Å²) in [6.07, 6.45) is -1.07. The van der Waals surface area contributed by atoms with E-state index in [-0.39, 0.29) is 6.54 Å². The predicted molar refractivity (Wildman–Crippen MR) is 103 cm³/mol. The highest BCUT2D eigenvalue weighted by molar-refractivity contribution is 5.98. The van der Waals surface area contributed by atoms with Gasteiger partial charge in [0.15, 0.2) is 6.10 Å². The maximum atomic E-state index is 12.1. The molecule has 28 heavy (non-hydrogen) atoms. The average molecular weight is 383 g/mol. The van der Waals surface area contributed by atoms with Gasteiger partial charge < -0.3 is 21.1 Å². The number of nitrogens with one attached hydrogen (secondary N) is 2. The lowest BCUT2D eigenvalue weighted by molar-refractivity contribution is -0.152. The van der Waals surface area contributed by atoms with E-state index in [0.29, 0.717) is 16.8 Å². The van der Waals surface area contributed by atoms with Crippen molar-refractivity contribution in [3.63, 3.8) is 0 Å². The van der Waals surface area contributed by atoms with Gasteiger partial charge in [-0.15, -0.1) is 0 Å². The van der Waals surface area contributed by atoms with Crippen LogP contribution in [0.2, 0.25) is 0 Å². The van der Waals surface area contributed by atoms with Gasteiger partial charge in [-0.25, -0.2) is 0 Å². The lowest BCUT2D eigenvalue weighted by Crippen LogP contribution is -2.35. The molecule has 2 rings (SSSR count). The fourth-order valence-electron chi connectivity index (χ4n) is 2.21. The molecule has 0 bridgehead atoms. The van der Waals surface area contributed by atoms with Gasteiger partial charge in [-0.1, -0.05) is 17.7 Å². The van der Waals surface area contributed by atoms with Gasteiger partial charge in [0, 0.05) is 16.8 Å². The van der Waals surface area contributed by atoms with Crippen LogP contribution in [0.15, 0.2) is 48.5 Å². The maximum absolute atomic E-state index is 12.1. The number of hydrogen-bond acceptors (Lipinski definition) is 5. The zero-order valence-corrected chi connectivity index (χ0v) is 15.5. The Morgan fingerprint density at radius 3 is 2.11 bits per heavy atom. The Balaban J connectivity index is 1.80. The summed E-state index contributed by atoms with van der Waals surface area (Å²) < 4.78 is 5.01. The van der Waals surface area contributed by atoms with Gasteiger partial charge in [-0.05, 0) is 50.2 Å². The van der Waals surface area contributed by atoms with Crippen molar-refractivity contribution in [3.05, 3.63) is 65.2 Å². The minimum atomic E-state index is -1.07. The molecule has 1 atom stereocenters. The second-order valence-electron chi connectivity index (χ2n) is 6.11. The lowest BCUT2D eigenvalue weighted by Gasteiger charge is -2.14. The van der Waals surface area contributed by atoms with E-state index in [2.05, 4.69) is 10.6 Å². The average Bonchev–Trinajstić information content (AvgIpc) is 2.67. The van der Waals surface area contributed by atoms with Crippen molar-refractivity contribution in [3.8, 4) is 0 Å². The van der Waals surface area contributed by atoms with Crippen LogP contribution in [0.25, 0.3) is 0 Å². The Bertz CT molecular complexity index is 876. The third-order valence-electron chi connectivity index (χ3n) is 3.82. The molecule has 3 amide bonds. The molecule has 0 aliphatic heterocycles. The minimum Gasteiger partial charge on any atom is -0.451 e. The molecule has 4 N–H and O–H groups in total. The quantitative estimate of drug-likeness (QED) is 0.623. The summed E-state index contributed by atoms with van der Waals surface area (Å²) >= 11 is 0. The molecule has 2 aromatic rings. The highest BCUT2D eigenvalue weighted by Crippen LogP contribution is 2.10. The third kappa shape index (κ3) is 5.94. The summed E-state index contributed by atoms with van der Waals surface area (Å²) in [6, 6.07) is 12.8. The molecule has 0 saturated carbocycles. The normalized spacial score (nSPS) is 11.2. The zero-order valence-electron chi connectivity index (χ0n) is 15.5. The van der Waals surface area contributed by atoms with Crippen LogP contribution in [-0.2, 0) is 14.3 Å². The Morgan fingerprint density at radius 2 is 1.54 bits per heavy atom. The first-order valence-corrected chi connectivity index (χ1v) is 8.51. The highest BCUT2D eigenvalue weighted by atomic mass is 16.5. The van der Waals surface area contributed by atoms with Crippen LogP contribution < -0.4 is 16.4 Å². The van der Waals surface area contributed by atoms with Gasteiger partial charge in [-0.3, -0.25) is 19.2 Å². The first-order valence-electron chi connectivity index (χ1n) is 8.51. The fraction of sp³-hybridized carbons (Fsp3) is 0.200. The Labute approximate surface area is 162 Å². The van der Waals surface area contributed by atoms with Crippen LogP contribution in [-0.4, -0.2) is 36.3 Å². The first-order chi connectivity index (χ1) is 13.3. The van der Waals surface area contributed by atoms with E-state index >= 15 is 0 Å². The van der Waals surface area contributed by atoms with Gasteiger partial charge in [-0.2, -0.15) is 0 Å². The summed E-state index contributed by atoms with van der Waals surface area (Å²) in [6.45, 7) is 2.95. The monoisotopic (exact) mass is 383 g/mol. The molecular formula is C20H21N3O5. The molecule has 0 saturated heterocycles. The number of anilines is 1. The molecule has 0 heterocycles. The largest absolute Gasteiger partial charge is 0.451 e. The van der Waals surface area contributed by atoms with Crippen LogP contribution in [0.5, 0.6) is 0 Å². The molecule has 0 aliphatic rings. The number of primary amides is 1. The number of rotatable bonds is 7. The van der Waals surface area contributed by atoms with Crippen molar-refractivity contribution in [1.82, 2.24) is 5.32 Å². The first kappa shape index (κ1) is 20.6. The molecule has 0 fully saturated rings. The number of benzene rings is 2. The van der Waals surface area contributed by atoms with Gasteiger partial charge in [0.1, 0.15) is 6.54 Å². The molecule has 0 aromatic heterocycles. The van der Waals surface area contributed by atoms with Crippen LogP contribution in [0.3, 0.4) is 0 Å². The molecule has 8 heteroatoms. The van der Waals surface area contributed by atoms with Crippen LogP contribution in [0.4, 0.5) is 5.69 Å². The lowest BCUT2D eigenvalue weighted by atomic mass is 10.1. The van der Waals surface area contributed by atoms with Crippen molar-refractivity contribution >= 4 is 29.4 Å². The minimum absolute atomic E-state index is 0.307. The van der Waals surface area contributed by atoms with E-state index in [1.165, 1.54) is 31.2 Å². The topological polar surface area (TPSA) is 128 Å². The summed E-state index contributed by atoms with van der Waals surface area (Å²) in [7, 11) is 0. The SMILES string of the molecule is Cc1ccc(C(=O)NCC(=O)O[C@@H](C)C(=O)Nc2ccc(C(N)=O)cc2)cc1. The summed E-state index contributed by atoms with van der Waals surface area (Å²) in [5.74, 6) is -2.28. The Hall–Kier alpha value is -3.68. The number of nitrogens with two attached hydrogens (primary N) is 1.